The highest BCUT2D eigenvalue weighted by atomic mass is 32.1. The van der Waals surface area contributed by atoms with Crippen LogP contribution in [-0.4, -0.2) is 47.9 Å². The van der Waals surface area contributed by atoms with Gasteiger partial charge in [0.1, 0.15) is 0 Å². The molecule has 134 valence electrons. The first-order chi connectivity index (χ1) is 11.7. The molecule has 1 aliphatic carbocycles. The molecular weight excluding hydrogens is 318 g/mol. The lowest BCUT2D eigenvalue weighted by atomic mass is 10.2. The second kappa shape index (κ2) is 8.45. The van der Waals surface area contributed by atoms with Gasteiger partial charge >= 0.3 is 0 Å². The zero-order valence-corrected chi connectivity index (χ0v) is 16.0. The summed E-state index contributed by atoms with van der Waals surface area (Å²) in [6.45, 7) is 10.5. The predicted octanol–water partition coefficient (Wildman–Crippen LogP) is 3.47. The van der Waals surface area contributed by atoms with Gasteiger partial charge in [-0.05, 0) is 50.5 Å². The maximum Gasteiger partial charge on any atom is 0.261 e. The second-order valence-corrected chi connectivity index (χ2v) is 8.18. The molecule has 24 heavy (non-hydrogen) atoms. The Morgan fingerprint density at radius 2 is 2.04 bits per heavy atom. The first kappa shape index (κ1) is 17.9. The monoisotopic (exact) mass is 349 g/mol. The zero-order chi connectivity index (χ0) is 16.9. The molecule has 0 bridgehead atoms. The lowest BCUT2D eigenvalue weighted by molar-refractivity contribution is 0.0955. The molecule has 1 fully saturated rings. The van der Waals surface area contributed by atoms with Crippen molar-refractivity contribution in [1.82, 2.24) is 15.1 Å². The standard InChI is InChI=1S/C19H31N3OS/c1-3-21(4-2)11-7-10-20-19(23)17-12-15-13-22(14-18(15)24-17)16-8-5-6-9-16/h12,16H,3-11,13-14H2,1-2H3,(H,20,23). The summed E-state index contributed by atoms with van der Waals surface area (Å²) in [5.74, 6) is 0.112. The van der Waals surface area contributed by atoms with E-state index in [1.54, 1.807) is 11.3 Å². The minimum atomic E-state index is 0.112. The van der Waals surface area contributed by atoms with Crippen LogP contribution in [0.2, 0.25) is 0 Å². The van der Waals surface area contributed by atoms with Crippen LogP contribution in [0.15, 0.2) is 6.07 Å². The smallest absolute Gasteiger partial charge is 0.261 e. The second-order valence-electron chi connectivity index (χ2n) is 7.04. The largest absolute Gasteiger partial charge is 0.351 e. The average molecular weight is 350 g/mol. The normalized spacial score (nSPS) is 18.5. The molecule has 4 nitrogen and oxygen atoms in total. The number of fused-ring (bicyclic) bond motifs is 1. The van der Waals surface area contributed by atoms with Crippen LogP contribution >= 0.6 is 11.3 Å². The number of carbonyl (C=O) groups is 1. The van der Waals surface area contributed by atoms with Gasteiger partial charge in [0.15, 0.2) is 0 Å². The number of amides is 1. The molecule has 1 saturated carbocycles. The van der Waals surface area contributed by atoms with Crippen molar-refractivity contribution in [2.45, 2.75) is 65.1 Å². The van der Waals surface area contributed by atoms with Crippen molar-refractivity contribution in [2.75, 3.05) is 26.2 Å². The Labute approximate surface area is 150 Å². The molecule has 0 saturated heterocycles. The van der Waals surface area contributed by atoms with Crippen molar-refractivity contribution in [3.05, 3.63) is 21.4 Å². The fraction of sp³-hybridized carbons (Fsp3) is 0.737. The molecule has 1 aromatic heterocycles. The predicted molar refractivity (Wildman–Crippen MR) is 101 cm³/mol. The summed E-state index contributed by atoms with van der Waals surface area (Å²) in [4.78, 5) is 19.7. The minimum Gasteiger partial charge on any atom is -0.351 e. The van der Waals surface area contributed by atoms with Gasteiger partial charge in [-0.25, -0.2) is 0 Å². The van der Waals surface area contributed by atoms with E-state index in [0.717, 1.165) is 56.6 Å². The van der Waals surface area contributed by atoms with Crippen LogP contribution in [0.25, 0.3) is 0 Å². The van der Waals surface area contributed by atoms with Crippen LogP contribution in [-0.2, 0) is 13.1 Å². The van der Waals surface area contributed by atoms with Crippen molar-refractivity contribution in [2.24, 2.45) is 0 Å². The van der Waals surface area contributed by atoms with Crippen LogP contribution in [0.3, 0.4) is 0 Å². The zero-order valence-electron chi connectivity index (χ0n) is 15.1. The molecule has 1 aliphatic heterocycles. The van der Waals surface area contributed by atoms with E-state index in [9.17, 15) is 4.79 Å². The highest BCUT2D eigenvalue weighted by Crippen LogP contribution is 2.35. The fourth-order valence-electron chi connectivity index (χ4n) is 3.96. The topological polar surface area (TPSA) is 35.6 Å². The third kappa shape index (κ3) is 4.19. The maximum absolute atomic E-state index is 12.3. The van der Waals surface area contributed by atoms with Crippen LogP contribution in [0.1, 0.15) is 66.1 Å². The molecule has 0 unspecified atom stereocenters. The van der Waals surface area contributed by atoms with Crippen LogP contribution in [0.4, 0.5) is 0 Å². The Kier molecular flexibility index (Phi) is 6.31. The highest BCUT2D eigenvalue weighted by Gasteiger charge is 2.30. The van der Waals surface area contributed by atoms with E-state index in [0.29, 0.717) is 0 Å². The molecule has 2 aliphatic rings. The fourth-order valence-corrected chi connectivity index (χ4v) is 5.08. The van der Waals surface area contributed by atoms with Gasteiger partial charge in [-0.15, -0.1) is 11.3 Å². The summed E-state index contributed by atoms with van der Waals surface area (Å²) in [6.07, 6.45) is 6.50. The van der Waals surface area contributed by atoms with Gasteiger partial charge in [-0.2, -0.15) is 0 Å². The van der Waals surface area contributed by atoms with Crippen molar-refractivity contribution in [3.8, 4) is 0 Å². The number of nitrogens with one attached hydrogen (secondary N) is 1. The van der Waals surface area contributed by atoms with Gasteiger partial charge in [0.2, 0.25) is 0 Å². The molecule has 1 amide bonds. The molecule has 0 aromatic carbocycles. The van der Waals surface area contributed by atoms with E-state index in [1.165, 1.54) is 36.1 Å². The lowest BCUT2D eigenvalue weighted by Crippen LogP contribution is -2.29. The molecule has 0 radical (unpaired) electrons. The Bertz CT molecular complexity index is 523. The number of rotatable bonds is 8. The van der Waals surface area contributed by atoms with Gasteiger partial charge in [-0.1, -0.05) is 26.7 Å². The summed E-state index contributed by atoms with van der Waals surface area (Å²) in [6, 6.07) is 2.91. The number of thiophene rings is 1. The van der Waals surface area contributed by atoms with E-state index >= 15 is 0 Å². The average Bonchev–Trinajstić information content (AvgIpc) is 3.29. The summed E-state index contributed by atoms with van der Waals surface area (Å²) < 4.78 is 0. The van der Waals surface area contributed by atoms with Gasteiger partial charge in [-0.3, -0.25) is 9.69 Å². The quantitative estimate of drug-likeness (QED) is 0.730. The molecule has 0 atom stereocenters. The molecule has 0 spiro atoms. The lowest BCUT2D eigenvalue weighted by Gasteiger charge is -2.22. The van der Waals surface area contributed by atoms with Crippen molar-refractivity contribution in [3.63, 3.8) is 0 Å². The highest BCUT2D eigenvalue weighted by molar-refractivity contribution is 7.14. The molecule has 2 heterocycles. The van der Waals surface area contributed by atoms with Gasteiger partial charge in [0, 0.05) is 30.6 Å². The third-order valence-corrected chi connectivity index (χ3v) is 6.67. The number of hydrogen-bond donors (Lipinski definition) is 1. The summed E-state index contributed by atoms with van der Waals surface area (Å²) >= 11 is 1.70. The van der Waals surface area contributed by atoms with Gasteiger partial charge in [0.25, 0.3) is 5.91 Å². The molecule has 5 heteroatoms. The van der Waals surface area contributed by atoms with Crippen molar-refractivity contribution < 1.29 is 4.79 Å². The van der Waals surface area contributed by atoms with Gasteiger partial charge in [0.05, 0.1) is 4.88 Å². The van der Waals surface area contributed by atoms with Crippen LogP contribution in [0.5, 0.6) is 0 Å². The molecule has 3 rings (SSSR count). The van der Waals surface area contributed by atoms with E-state index in [1.807, 2.05) is 0 Å². The molecule has 1 N–H and O–H groups in total. The first-order valence-electron chi connectivity index (χ1n) is 9.57. The molecule has 1 aromatic rings. The Morgan fingerprint density at radius 1 is 1.29 bits per heavy atom. The SMILES string of the molecule is CCN(CC)CCCNC(=O)c1cc2c(s1)CN(C1CCCC1)C2. The van der Waals surface area contributed by atoms with Crippen LogP contribution in [0, 0.1) is 0 Å². The Hall–Kier alpha value is -0.910. The number of nitrogens with zero attached hydrogens (tertiary/aromatic N) is 2. The number of carbonyl (C=O) groups excluding carboxylic acids is 1. The van der Waals surface area contributed by atoms with E-state index < -0.39 is 0 Å². The van der Waals surface area contributed by atoms with Crippen molar-refractivity contribution >= 4 is 17.2 Å². The van der Waals surface area contributed by atoms with E-state index in [2.05, 4.69) is 35.0 Å². The number of hydrogen-bond acceptors (Lipinski definition) is 4. The first-order valence-corrected chi connectivity index (χ1v) is 10.4. The Balaban J connectivity index is 1.44. The minimum absolute atomic E-state index is 0.112. The van der Waals surface area contributed by atoms with Crippen molar-refractivity contribution in [1.29, 1.82) is 0 Å². The van der Waals surface area contributed by atoms with E-state index in [-0.39, 0.29) is 5.91 Å². The van der Waals surface area contributed by atoms with Crippen LogP contribution < -0.4 is 5.32 Å². The Morgan fingerprint density at radius 3 is 2.71 bits per heavy atom. The summed E-state index contributed by atoms with van der Waals surface area (Å²) in [7, 11) is 0. The third-order valence-electron chi connectivity index (χ3n) is 5.51. The molecular formula is C19H31N3OS. The van der Waals surface area contributed by atoms with Gasteiger partial charge < -0.3 is 10.2 Å². The summed E-state index contributed by atoms with van der Waals surface area (Å²) in [5, 5.41) is 3.09. The summed E-state index contributed by atoms with van der Waals surface area (Å²) in [5.41, 5.74) is 1.39. The van der Waals surface area contributed by atoms with E-state index in [4.69, 9.17) is 0 Å². The maximum atomic E-state index is 12.3.